The Labute approximate surface area is 143 Å². The van der Waals surface area contributed by atoms with Crippen LogP contribution in [0.2, 0.25) is 0 Å². The van der Waals surface area contributed by atoms with E-state index in [2.05, 4.69) is 5.10 Å². The van der Waals surface area contributed by atoms with Crippen LogP contribution in [0.15, 0.2) is 54.0 Å². The van der Waals surface area contributed by atoms with E-state index in [0.29, 0.717) is 24.1 Å². The molecule has 0 N–H and O–H groups in total. The molecule has 0 aliphatic carbocycles. The summed E-state index contributed by atoms with van der Waals surface area (Å²) >= 11 is 1.52. The summed E-state index contributed by atoms with van der Waals surface area (Å²) in [6, 6.07) is 15.5. The molecule has 0 unspecified atom stereocenters. The van der Waals surface area contributed by atoms with Gasteiger partial charge in [0, 0.05) is 12.6 Å². The average molecular weight is 337 g/mol. The smallest absolute Gasteiger partial charge is 0.342 e. The highest BCUT2D eigenvalue weighted by atomic mass is 32.1. The van der Waals surface area contributed by atoms with Gasteiger partial charge in [0.1, 0.15) is 11.3 Å². The van der Waals surface area contributed by atoms with E-state index in [1.54, 1.807) is 10.9 Å². The van der Waals surface area contributed by atoms with Gasteiger partial charge in [0.05, 0.1) is 23.2 Å². The normalized spacial score (nSPS) is 10.3. The molecule has 2 heterocycles. The van der Waals surface area contributed by atoms with Crippen molar-refractivity contribution in [3.05, 3.63) is 59.6 Å². The maximum absolute atomic E-state index is 12.4. The number of rotatable bonds is 6. The number of hydrogen-bond donors (Lipinski definition) is 0. The molecule has 120 valence electrons. The number of benzene rings is 1. The third-order valence-corrected chi connectivity index (χ3v) is 4.25. The molecule has 3 aromatic rings. The van der Waals surface area contributed by atoms with E-state index < -0.39 is 5.97 Å². The number of nitriles is 1. The van der Waals surface area contributed by atoms with E-state index in [1.807, 2.05) is 53.9 Å². The van der Waals surface area contributed by atoms with E-state index >= 15 is 0 Å². The lowest BCUT2D eigenvalue weighted by Gasteiger charge is -2.02. The lowest BCUT2D eigenvalue weighted by atomic mass is 10.2. The van der Waals surface area contributed by atoms with Gasteiger partial charge < -0.3 is 4.74 Å². The van der Waals surface area contributed by atoms with Crippen molar-refractivity contribution in [3.63, 3.8) is 0 Å². The van der Waals surface area contributed by atoms with Crippen LogP contribution in [0.3, 0.4) is 0 Å². The van der Waals surface area contributed by atoms with Crippen molar-refractivity contribution in [3.8, 4) is 22.3 Å². The Morgan fingerprint density at radius 2 is 2.08 bits per heavy atom. The summed E-state index contributed by atoms with van der Waals surface area (Å²) in [7, 11) is 0. The third kappa shape index (κ3) is 3.53. The van der Waals surface area contributed by atoms with Crippen LogP contribution < -0.4 is 0 Å². The third-order valence-electron chi connectivity index (χ3n) is 3.38. The molecule has 5 nitrogen and oxygen atoms in total. The van der Waals surface area contributed by atoms with Crippen molar-refractivity contribution < 1.29 is 9.53 Å². The lowest BCUT2D eigenvalue weighted by Crippen LogP contribution is -2.06. The van der Waals surface area contributed by atoms with Crippen molar-refractivity contribution in [1.82, 2.24) is 9.78 Å². The molecule has 0 aliphatic heterocycles. The van der Waals surface area contributed by atoms with Crippen molar-refractivity contribution in [2.45, 2.75) is 12.8 Å². The lowest BCUT2D eigenvalue weighted by molar-refractivity contribution is 0.0502. The first-order valence-electron chi connectivity index (χ1n) is 7.52. The first kappa shape index (κ1) is 16.0. The van der Waals surface area contributed by atoms with Gasteiger partial charge in [-0.05, 0) is 30.0 Å². The fraction of sp³-hybridized carbons (Fsp3) is 0.167. The number of unbranched alkanes of at least 4 members (excludes halogenated alkanes) is 1. The fourth-order valence-electron chi connectivity index (χ4n) is 2.23. The second-order valence-electron chi connectivity index (χ2n) is 5.05. The van der Waals surface area contributed by atoms with Gasteiger partial charge >= 0.3 is 5.97 Å². The molecule has 0 spiro atoms. The fourth-order valence-corrected chi connectivity index (χ4v) is 2.95. The van der Waals surface area contributed by atoms with Crippen molar-refractivity contribution >= 4 is 17.3 Å². The molecule has 0 fully saturated rings. The summed E-state index contributed by atoms with van der Waals surface area (Å²) in [4.78, 5) is 13.3. The van der Waals surface area contributed by atoms with Crippen LogP contribution in [0.5, 0.6) is 0 Å². The summed E-state index contributed by atoms with van der Waals surface area (Å²) in [5.74, 6) is -0.418. The van der Waals surface area contributed by atoms with Crippen LogP contribution >= 0.6 is 11.3 Å². The summed E-state index contributed by atoms with van der Waals surface area (Å²) in [6.45, 7) is 0.229. The molecule has 0 saturated heterocycles. The molecule has 0 aliphatic rings. The number of para-hydroxylation sites is 1. The molecule has 0 atom stereocenters. The van der Waals surface area contributed by atoms with Gasteiger partial charge in [0.15, 0.2) is 0 Å². The number of hydrogen-bond acceptors (Lipinski definition) is 5. The van der Waals surface area contributed by atoms with Crippen LogP contribution in [-0.4, -0.2) is 22.4 Å². The van der Waals surface area contributed by atoms with Crippen LogP contribution in [0.25, 0.3) is 16.3 Å². The second-order valence-corrected chi connectivity index (χ2v) is 5.99. The van der Waals surface area contributed by atoms with E-state index in [4.69, 9.17) is 10.00 Å². The van der Waals surface area contributed by atoms with E-state index in [9.17, 15) is 4.79 Å². The molecular weight excluding hydrogens is 322 g/mol. The molecule has 0 amide bonds. The topological polar surface area (TPSA) is 67.9 Å². The molecular formula is C18H15N3O2S. The molecule has 0 radical (unpaired) electrons. The summed E-state index contributed by atoms with van der Waals surface area (Å²) < 4.78 is 6.96. The molecule has 24 heavy (non-hydrogen) atoms. The first-order chi connectivity index (χ1) is 11.8. The average Bonchev–Trinajstić information content (AvgIpc) is 3.28. The molecule has 0 bridgehead atoms. The monoisotopic (exact) mass is 337 g/mol. The standard InChI is InChI=1S/C18H15N3O2S/c19-10-4-5-11-23-18(22)15-13-21(14-7-2-1-3-8-14)20-17(15)16-9-6-12-24-16/h1-3,6-9,12-13H,4-5,11H2. The van der Waals surface area contributed by atoms with Gasteiger partial charge in [-0.3, -0.25) is 0 Å². The highest BCUT2D eigenvalue weighted by Crippen LogP contribution is 2.28. The number of nitrogens with zero attached hydrogens (tertiary/aromatic N) is 3. The summed E-state index contributed by atoms with van der Waals surface area (Å²) in [6.07, 6.45) is 2.59. The van der Waals surface area contributed by atoms with Gasteiger partial charge in [0.25, 0.3) is 0 Å². The number of ether oxygens (including phenoxy) is 1. The highest BCUT2D eigenvalue weighted by molar-refractivity contribution is 7.13. The summed E-state index contributed by atoms with van der Waals surface area (Å²) in [5.41, 5.74) is 1.91. The molecule has 0 saturated carbocycles. The van der Waals surface area contributed by atoms with Gasteiger partial charge in [-0.2, -0.15) is 10.4 Å². The first-order valence-corrected chi connectivity index (χ1v) is 8.40. The van der Waals surface area contributed by atoms with Gasteiger partial charge in [-0.1, -0.05) is 24.3 Å². The molecule has 2 aromatic heterocycles. The minimum atomic E-state index is -0.418. The minimum Gasteiger partial charge on any atom is -0.462 e. The van der Waals surface area contributed by atoms with Gasteiger partial charge in [-0.25, -0.2) is 9.48 Å². The van der Waals surface area contributed by atoms with E-state index in [0.717, 1.165) is 10.6 Å². The zero-order valence-corrected chi connectivity index (χ0v) is 13.7. The Morgan fingerprint density at radius 1 is 1.25 bits per heavy atom. The second kappa shape index (κ2) is 7.57. The number of esters is 1. The Bertz CT molecular complexity index is 848. The van der Waals surface area contributed by atoms with Crippen molar-refractivity contribution in [2.24, 2.45) is 0 Å². The summed E-state index contributed by atoms with van der Waals surface area (Å²) in [5, 5.41) is 15.1. The van der Waals surface area contributed by atoms with Crippen LogP contribution in [0.4, 0.5) is 0 Å². The van der Waals surface area contributed by atoms with Crippen molar-refractivity contribution in [2.75, 3.05) is 6.61 Å². The van der Waals surface area contributed by atoms with Crippen LogP contribution in [-0.2, 0) is 4.74 Å². The number of thiophene rings is 1. The number of carbonyl (C=O) groups excluding carboxylic acids is 1. The Balaban J connectivity index is 1.90. The predicted molar refractivity (Wildman–Crippen MR) is 92.0 cm³/mol. The van der Waals surface area contributed by atoms with E-state index in [-0.39, 0.29) is 6.61 Å². The van der Waals surface area contributed by atoms with Crippen molar-refractivity contribution in [1.29, 1.82) is 5.26 Å². The highest BCUT2D eigenvalue weighted by Gasteiger charge is 2.20. The molecule has 6 heteroatoms. The quantitative estimate of drug-likeness (QED) is 0.502. The maximum Gasteiger partial charge on any atom is 0.342 e. The molecule has 1 aromatic carbocycles. The van der Waals surface area contributed by atoms with E-state index in [1.165, 1.54) is 11.3 Å². The number of carbonyl (C=O) groups is 1. The maximum atomic E-state index is 12.4. The zero-order chi connectivity index (χ0) is 16.8. The minimum absolute atomic E-state index is 0.229. The Kier molecular flexibility index (Phi) is 5.04. The van der Waals surface area contributed by atoms with Crippen LogP contribution in [0, 0.1) is 11.3 Å². The Hall–Kier alpha value is -2.91. The Morgan fingerprint density at radius 3 is 2.79 bits per heavy atom. The van der Waals surface area contributed by atoms with Crippen LogP contribution in [0.1, 0.15) is 23.2 Å². The zero-order valence-electron chi connectivity index (χ0n) is 12.9. The number of aromatic nitrogens is 2. The van der Waals surface area contributed by atoms with Gasteiger partial charge in [-0.15, -0.1) is 11.3 Å². The largest absolute Gasteiger partial charge is 0.462 e. The molecule has 3 rings (SSSR count). The predicted octanol–water partition coefficient (Wildman–Crippen LogP) is 4.06. The SMILES string of the molecule is N#CCCCOC(=O)c1cn(-c2ccccc2)nc1-c1cccs1. The van der Waals surface area contributed by atoms with Gasteiger partial charge in [0.2, 0.25) is 0 Å².